The molecule has 0 spiro atoms. The third-order valence-corrected chi connectivity index (χ3v) is 7.89. The molecule has 2 amide bonds. The van der Waals surface area contributed by atoms with Gasteiger partial charge in [-0.3, -0.25) is 9.59 Å². The van der Waals surface area contributed by atoms with Crippen LogP contribution in [-0.4, -0.2) is 39.9 Å². The van der Waals surface area contributed by atoms with Crippen molar-refractivity contribution in [3.8, 4) is 5.75 Å². The molecule has 0 bridgehead atoms. The van der Waals surface area contributed by atoms with Crippen molar-refractivity contribution in [1.29, 1.82) is 0 Å². The van der Waals surface area contributed by atoms with Crippen molar-refractivity contribution in [2.24, 2.45) is 12.8 Å². The number of carbonyl (C=O) groups is 2. The lowest BCUT2D eigenvalue weighted by Crippen LogP contribution is -2.42. The molecule has 5 N–H and O–H groups in total. The lowest BCUT2D eigenvalue weighted by atomic mass is 10.1. The number of hydrogen-bond acceptors (Lipinski definition) is 6. The summed E-state index contributed by atoms with van der Waals surface area (Å²) >= 11 is 18.9. The number of nitrogens with one attached hydrogen (secondary N) is 3. The number of aromatic nitrogens is 2. The molecule has 15 heteroatoms. The van der Waals surface area contributed by atoms with Crippen LogP contribution < -0.4 is 26.4 Å². The third kappa shape index (κ3) is 6.62. The highest BCUT2D eigenvalue weighted by molar-refractivity contribution is 6.39. The van der Waals surface area contributed by atoms with Gasteiger partial charge in [-0.1, -0.05) is 40.9 Å². The van der Waals surface area contributed by atoms with Crippen LogP contribution in [0.2, 0.25) is 15.1 Å². The first-order chi connectivity index (χ1) is 20.4. The molecule has 0 radical (unpaired) electrons. The highest BCUT2D eigenvalue weighted by Gasteiger charge is 2.45. The topological polar surface area (TPSA) is 123 Å². The summed E-state index contributed by atoms with van der Waals surface area (Å²) in [5.41, 5.74) is 6.81. The summed E-state index contributed by atoms with van der Waals surface area (Å²) < 4.78 is 46.5. The van der Waals surface area contributed by atoms with Crippen LogP contribution in [0.15, 0.2) is 42.5 Å². The van der Waals surface area contributed by atoms with Crippen molar-refractivity contribution in [3.05, 3.63) is 74.5 Å². The smallest absolute Gasteiger partial charge is 0.272 e. The zero-order valence-electron chi connectivity index (χ0n) is 22.4. The zero-order valence-corrected chi connectivity index (χ0v) is 24.7. The predicted molar refractivity (Wildman–Crippen MR) is 159 cm³/mol. The summed E-state index contributed by atoms with van der Waals surface area (Å²) in [4.78, 5) is 30.0. The number of amides is 2. The molecule has 1 aliphatic rings. The van der Waals surface area contributed by atoms with Crippen molar-refractivity contribution >= 4 is 75.0 Å². The molecular formula is C28H24Cl3F3N6O3. The molecule has 1 fully saturated rings. The van der Waals surface area contributed by atoms with E-state index in [1.54, 1.807) is 23.7 Å². The number of carbonyl (C=O) groups excluding carboxylic acids is 2. The third-order valence-electron chi connectivity index (χ3n) is 6.86. The van der Waals surface area contributed by atoms with E-state index in [2.05, 4.69) is 20.9 Å². The lowest BCUT2D eigenvalue weighted by Gasteiger charge is -2.15. The fourth-order valence-electron chi connectivity index (χ4n) is 4.22. The van der Waals surface area contributed by atoms with Gasteiger partial charge in [-0.25, -0.2) is 18.2 Å². The van der Waals surface area contributed by atoms with E-state index in [0.717, 1.165) is 6.07 Å². The minimum absolute atomic E-state index is 0.0969. The minimum Gasteiger partial charge on any atom is -0.487 e. The Hall–Kier alpha value is -3.71. The van der Waals surface area contributed by atoms with Crippen LogP contribution >= 0.6 is 34.8 Å². The Morgan fingerprint density at radius 2 is 1.86 bits per heavy atom. The number of rotatable bonds is 10. The van der Waals surface area contributed by atoms with Gasteiger partial charge in [-0.2, -0.15) is 0 Å². The van der Waals surface area contributed by atoms with Crippen molar-refractivity contribution in [3.63, 3.8) is 0 Å². The fraction of sp³-hybridized carbons (Fsp3) is 0.250. The fourth-order valence-corrected chi connectivity index (χ4v) is 4.94. The van der Waals surface area contributed by atoms with Gasteiger partial charge < -0.3 is 31.0 Å². The highest BCUT2D eigenvalue weighted by atomic mass is 35.5. The van der Waals surface area contributed by atoms with Gasteiger partial charge in [0.1, 0.15) is 18.2 Å². The number of imidazole rings is 1. The number of halogens is 6. The summed E-state index contributed by atoms with van der Waals surface area (Å²) in [6.45, 7) is -0.843. The molecule has 1 saturated carbocycles. The van der Waals surface area contributed by atoms with Crippen LogP contribution in [0, 0.1) is 5.82 Å². The van der Waals surface area contributed by atoms with Gasteiger partial charge in [0.25, 0.3) is 12.3 Å². The Morgan fingerprint density at radius 1 is 1.12 bits per heavy atom. The number of fused-ring (bicyclic) bond motifs is 1. The van der Waals surface area contributed by atoms with Gasteiger partial charge in [-0.05, 0) is 48.7 Å². The first kappa shape index (κ1) is 30.7. The average molecular weight is 656 g/mol. The first-order valence-corrected chi connectivity index (χ1v) is 14.0. The summed E-state index contributed by atoms with van der Waals surface area (Å²) in [5.74, 6) is -1.54. The van der Waals surface area contributed by atoms with Crippen LogP contribution in [0.1, 0.15) is 28.8 Å². The number of nitrogens with zero attached hydrogens (tertiary/aromatic N) is 2. The van der Waals surface area contributed by atoms with Crippen molar-refractivity contribution in [2.75, 3.05) is 17.2 Å². The maximum Gasteiger partial charge on any atom is 0.272 e. The molecule has 9 nitrogen and oxygen atoms in total. The van der Waals surface area contributed by atoms with Gasteiger partial charge in [0, 0.05) is 25.3 Å². The Kier molecular flexibility index (Phi) is 8.66. The van der Waals surface area contributed by atoms with E-state index in [1.165, 1.54) is 24.3 Å². The summed E-state index contributed by atoms with van der Waals surface area (Å²) in [6, 6.07) is 9.64. The molecule has 1 aliphatic carbocycles. The number of anilines is 3. The van der Waals surface area contributed by atoms with Gasteiger partial charge in [0.2, 0.25) is 11.9 Å². The molecule has 0 unspecified atom stereocenters. The maximum atomic E-state index is 13.6. The number of alkyl halides is 2. The minimum atomic E-state index is -2.80. The SMILES string of the molecule is Cn1c(Nc2c(Cl)ccc(CNC(=O)C3(N)CC3)c2Cl)nc2cc(C(=O)Nc3ccc(F)c(Cl)c3)c(OCC(F)F)cc21. The van der Waals surface area contributed by atoms with Crippen LogP contribution in [-0.2, 0) is 18.4 Å². The number of ether oxygens (including phenoxy) is 1. The van der Waals surface area contributed by atoms with Crippen LogP contribution in [0.25, 0.3) is 11.0 Å². The number of benzene rings is 3. The Morgan fingerprint density at radius 3 is 2.53 bits per heavy atom. The van der Waals surface area contributed by atoms with Crippen LogP contribution in [0.5, 0.6) is 5.75 Å². The second-order valence-corrected chi connectivity index (χ2v) is 11.2. The molecule has 226 valence electrons. The molecule has 0 saturated heterocycles. The second-order valence-electron chi connectivity index (χ2n) is 9.98. The van der Waals surface area contributed by atoms with E-state index in [4.69, 9.17) is 45.3 Å². The summed E-state index contributed by atoms with van der Waals surface area (Å²) in [6.07, 6.45) is -1.57. The van der Waals surface area contributed by atoms with Gasteiger partial charge in [-0.15, -0.1) is 0 Å². The van der Waals surface area contributed by atoms with Crippen molar-refractivity contribution < 1.29 is 27.5 Å². The molecule has 0 aliphatic heterocycles. The number of hydrogen-bond donors (Lipinski definition) is 4. The van der Waals surface area contributed by atoms with E-state index in [-0.39, 0.29) is 50.5 Å². The van der Waals surface area contributed by atoms with Crippen LogP contribution in [0.4, 0.5) is 30.5 Å². The summed E-state index contributed by atoms with van der Waals surface area (Å²) in [7, 11) is 1.65. The molecule has 4 aromatic rings. The molecule has 1 heterocycles. The zero-order chi connectivity index (χ0) is 31.1. The van der Waals surface area contributed by atoms with E-state index in [0.29, 0.717) is 35.1 Å². The van der Waals surface area contributed by atoms with Gasteiger partial charge >= 0.3 is 0 Å². The molecule has 0 atom stereocenters. The Bertz CT molecular complexity index is 1750. The standard InChI is InChI=1S/C28H24Cl3F3N6O3/c1-40-20-10-21(43-12-22(33)34)15(25(41)37-14-3-5-18(32)17(30)8-14)9-19(20)38-27(40)39-24-16(29)4-2-13(23(24)31)11-36-26(42)28(35)6-7-28/h2-5,8-10,22H,6-7,11-12,35H2,1H3,(H,36,42)(H,37,41)(H,38,39). The van der Waals surface area contributed by atoms with E-state index in [9.17, 15) is 22.8 Å². The monoisotopic (exact) mass is 654 g/mol. The first-order valence-electron chi connectivity index (χ1n) is 12.8. The van der Waals surface area contributed by atoms with E-state index in [1.807, 2.05) is 0 Å². The molecule has 3 aromatic carbocycles. The van der Waals surface area contributed by atoms with E-state index < -0.39 is 30.3 Å². The Balaban J connectivity index is 1.45. The normalized spacial score (nSPS) is 13.7. The maximum absolute atomic E-state index is 13.6. The molecule has 5 rings (SSSR count). The van der Waals surface area contributed by atoms with Crippen LogP contribution in [0.3, 0.4) is 0 Å². The predicted octanol–water partition coefficient (Wildman–Crippen LogP) is 6.42. The van der Waals surface area contributed by atoms with Crippen molar-refractivity contribution in [1.82, 2.24) is 14.9 Å². The lowest BCUT2D eigenvalue weighted by molar-refractivity contribution is -0.123. The quantitative estimate of drug-likeness (QED) is 0.156. The molecular weight excluding hydrogens is 632 g/mol. The van der Waals surface area contributed by atoms with E-state index >= 15 is 0 Å². The van der Waals surface area contributed by atoms with Gasteiger partial charge in [0.15, 0.2) is 0 Å². The number of nitrogens with two attached hydrogens (primary N) is 1. The highest BCUT2D eigenvalue weighted by Crippen LogP contribution is 2.37. The van der Waals surface area contributed by atoms with Crippen molar-refractivity contribution in [2.45, 2.75) is 31.4 Å². The van der Waals surface area contributed by atoms with Gasteiger partial charge in [0.05, 0.1) is 42.9 Å². The molecule has 1 aromatic heterocycles. The second kappa shape index (κ2) is 12.1. The summed E-state index contributed by atoms with van der Waals surface area (Å²) in [5, 5.41) is 8.71. The molecule has 43 heavy (non-hydrogen) atoms. The largest absolute Gasteiger partial charge is 0.487 e. The average Bonchev–Trinajstić information content (AvgIpc) is 3.65. The number of aryl methyl sites for hydroxylation is 1. The Labute approximate surface area is 258 Å².